The van der Waals surface area contributed by atoms with Gasteiger partial charge in [-0.25, -0.2) is 5.84 Å². The van der Waals surface area contributed by atoms with Gasteiger partial charge in [-0.15, -0.1) is 0 Å². The number of carbonyl (C=O) groups is 1. The molecule has 0 atom stereocenters. The number of rotatable bonds is 5. The lowest BCUT2D eigenvalue weighted by Gasteiger charge is -2.12. The summed E-state index contributed by atoms with van der Waals surface area (Å²) in [6.07, 6.45) is 0. The van der Waals surface area contributed by atoms with Gasteiger partial charge in [-0.3, -0.25) is 10.2 Å². The summed E-state index contributed by atoms with van der Waals surface area (Å²) in [5.41, 5.74) is 3.66. The van der Waals surface area contributed by atoms with E-state index >= 15 is 0 Å². The molecule has 21 heavy (non-hydrogen) atoms. The van der Waals surface area contributed by atoms with Crippen molar-refractivity contribution in [2.24, 2.45) is 5.84 Å². The Labute approximate surface area is 124 Å². The highest BCUT2D eigenvalue weighted by molar-refractivity contribution is 5.94. The normalized spacial score (nSPS) is 10.7. The average molecular weight is 288 g/mol. The van der Waals surface area contributed by atoms with Crippen LogP contribution in [-0.4, -0.2) is 5.91 Å². The summed E-state index contributed by atoms with van der Waals surface area (Å²) in [5, 5.41) is 0. The number of aryl methyl sites for hydroxylation is 1. The third kappa shape index (κ3) is 3.44. The number of ether oxygens (including phenoxy) is 1. The number of hydrogen-bond acceptors (Lipinski definition) is 4. The van der Waals surface area contributed by atoms with E-state index in [0.29, 0.717) is 23.0 Å². The van der Waals surface area contributed by atoms with Gasteiger partial charge in [-0.1, -0.05) is 32.0 Å². The van der Waals surface area contributed by atoms with E-state index in [1.54, 1.807) is 13.0 Å². The van der Waals surface area contributed by atoms with Crippen LogP contribution in [0.25, 0.3) is 0 Å². The van der Waals surface area contributed by atoms with Crippen molar-refractivity contribution in [3.8, 4) is 5.75 Å². The maximum Gasteiger partial charge on any atom is 0.268 e. The Bertz CT molecular complexity index is 632. The van der Waals surface area contributed by atoms with Crippen LogP contribution in [0.2, 0.25) is 0 Å². The second kappa shape index (κ2) is 6.45. The number of nitrogens with two attached hydrogens (primary N) is 1. The van der Waals surface area contributed by atoms with Gasteiger partial charge in [0.1, 0.15) is 23.9 Å². The highest BCUT2D eigenvalue weighted by Crippen LogP contribution is 2.27. The molecule has 0 radical (unpaired) electrons. The molecule has 112 valence electrons. The van der Waals surface area contributed by atoms with Crippen LogP contribution in [0.3, 0.4) is 0 Å². The van der Waals surface area contributed by atoms with Crippen molar-refractivity contribution in [1.82, 2.24) is 5.43 Å². The fourth-order valence-corrected chi connectivity index (χ4v) is 2.16. The molecule has 0 unspecified atom stereocenters. The molecule has 0 bridgehead atoms. The van der Waals surface area contributed by atoms with Crippen molar-refractivity contribution in [3.05, 3.63) is 53.0 Å². The number of nitrogen functional groups attached to an aromatic ring is 1. The van der Waals surface area contributed by atoms with Crippen molar-refractivity contribution in [2.75, 3.05) is 0 Å². The summed E-state index contributed by atoms with van der Waals surface area (Å²) in [6.45, 7) is 6.21. The maximum atomic E-state index is 11.5. The van der Waals surface area contributed by atoms with Crippen LogP contribution in [0.5, 0.6) is 5.75 Å². The quantitative estimate of drug-likeness (QED) is 0.504. The topological polar surface area (TPSA) is 77.5 Å². The molecular formula is C16H20N2O3. The highest BCUT2D eigenvalue weighted by atomic mass is 16.5. The molecule has 0 aliphatic rings. The second-order valence-electron chi connectivity index (χ2n) is 5.14. The minimum atomic E-state index is -0.370. The second-order valence-corrected chi connectivity index (χ2v) is 5.14. The fraction of sp³-hybridized carbons (Fsp3) is 0.312. The van der Waals surface area contributed by atoms with E-state index in [4.69, 9.17) is 15.0 Å². The van der Waals surface area contributed by atoms with E-state index in [-0.39, 0.29) is 12.5 Å². The van der Waals surface area contributed by atoms with Crippen LogP contribution in [0.15, 0.2) is 34.7 Å². The Balaban J connectivity index is 2.12. The van der Waals surface area contributed by atoms with Gasteiger partial charge < -0.3 is 9.15 Å². The van der Waals surface area contributed by atoms with E-state index in [1.165, 1.54) is 0 Å². The minimum absolute atomic E-state index is 0.266. The van der Waals surface area contributed by atoms with E-state index < -0.39 is 0 Å². The molecule has 1 aromatic heterocycles. The van der Waals surface area contributed by atoms with E-state index in [0.717, 1.165) is 11.3 Å². The van der Waals surface area contributed by atoms with Crippen LogP contribution < -0.4 is 16.0 Å². The molecule has 2 aromatic rings. The largest absolute Gasteiger partial charge is 0.485 e. The highest BCUT2D eigenvalue weighted by Gasteiger charge is 2.15. The molecule has 1 aromatic carbocycles. The number of hydrogen-bond donors (Lipinski definition) is 2. The van der Waals surface area contributed by atoms with Crippen molar-refractivity contribution in [2.45, 2.75) is 33.3 Å². The summed E-state index contributed by atoms with van der Waals surface area (Å²) in [7, 11) is 0. The van der Waals surface area contributed by atoms with E-state index in [1.807, 2.05) is 24.3 Å². The van der Waals surface area contributed by atoms with E-state index in [2.05, 4.69) is 19.3 Å². The molecule has 0 aliphatic heterocycles. The summed E-state index contributed by atoms with van der Waals surface area (Å²) in [6, 6.07) is 9.54. The number of furan rings is 1. The van der Waals surface area contributed by atoms with Gasteiger partial charge in [0.15, 0.2) is 0 Å². The van der Waals surface area contributed by atoms with Gasteiger partial charge in [0.25, 0.3) is 5.91 Å². The molecule has 5 heteroatoms. The van der Waals surface area contributed by atoms with Crippen LogP contribution in [0.1, 0.15) is 47.2 Å². The summed E-state index contributed by atoms with van der Waals surface area (Å²) in [5.74, 6) is 7.07. The lowest BCUT2D eigenvalue weighted by Crippen LogP contribution is -2.30. The minimum Gasteiger partial charge on any atom is -0.485 e. The molecular weight excluding hydrogens is 268 g/mol. The Morgan fingerprint density at radius 1 is 1.38 bits per heavy atom. The third-order valence-electron chi connectivity index (χ3n) is 3.26. The van der Waals surface area contributed by atoms with Gasteiger partial charge in [0.05, 0.1) is 5.56 Å². The van der Waals surface area contributed by atoms with Crippen molar-refractivity contribution in [1.29, 1.82) is 0 Å². The lowest BCUT2D eigenvalue weighted by atomic mass is 10.0. The predicted octanol–water partition coefficient (Wildman–Crippen LogP) is 2.89. The summed E-state index contributed by atoms with van der Waals surface area (Å²) >= 11 is 0. The first-order valence-electron chi connectivity index (χ1n) is 6.85. The Kier molecular flexibility index (Phi) is 4.65. The molecule has 0 aliphatic carbocycles. The lowest BCUT2D eigenvalue weighted by molar-refractivity contribution is 0.0952. The molecule has 1 heterocycles. The standard InChI is InChI=1S/C16H20N2O3/c1-10(2)13-6-4-5-7-15(13)20-9-12-8-14(11(3)21-12)16(19)18-17/h4-8,10H,9,17H2,1-3H3,(H,18,19). The monoisotopic (exact) mass is 288 g/mol. The zero-order valence-electron chi connectivity index (χ0n) is 12.5. The van der Waals surface area contributed by atoms with Crippen LogP contribution in [-0.2, 0) is 6.61 Å². The third-order valence-corrected chi connectivity index (χ3v) is 3.26. The number of amides is 1. The zero-order valence-corrected chi connectivity index (χ0v) is 12.5. The van der Waals surface area contributed by atoms with Gasteiger partial charge in [0, 0.05) is 0 Å². The fourth-order valence-electron chi connectivity index (χ4n) is 2.16. The molecule has 0 fully saturated rings. The van der Waals surface area contributed by atoms with Crippen LogP contribution >= 0.6 is 0 Å². The Hall–Kier alpha value is -2.27. The van der Waals surface area contributed by atoms with Gasteiger partial charge in [-0.05, 0) is 30.5 Å². The number of carbonyl (C=O) groups excluding carboxylic acids is 1. The zero-order chi connectivity index (χ0) is 15.4. The van der Waals surface area contributed by atoms with Crippen molar-refractivity contribution >= 4 is 5.91 Å². The summed E-state index contributed by atoms with van der Waals surface area (Å²) < 4.78 is 11.3. The molecule has 3 N–H and O–H groups in total. The number of hydrazine groups is 1. The molecule has 0 saturated carbocycles. The Morgan fingerprint density at radius 3 is 2.76 bits per heavy atom. The number of nitrogens with one attached hydrogen (secondary N) is 1. The number of benzene rings is 1. The molecule has 0 saturated heterocycles. The van der Waals surface area contributed by atoms with Crippen molar-refractivity contribution in [3.63, 3.8) is 0 Å². The first-order chi connectivity index (χ1) is 10.0. The summed E-state index contributed by atoms with van der Waals surface area (Å²) in [4.78, 5) is 11.5. The van der Waals surface area contributed by atoms with Crippen molar-refractivity contribution < 1.29 is 13.9 Å². The molecule has 0 spiro atoms. The predicted molar refractivity (Wildman–Crippen MR) is 80.0 cm³/mol. The number of para-hydroxylation sites is 1. The van der Waals surface area contributed by atoms with E-state index in [9.17, 15) is 4.79 Å². The van der Waals surface area contributed by atoms with Crippen LogP contribution in [0.4, 0.5) is 0 Å². The van der Waals surface area contributed by atoms with Gasteiger partial charge in [0.2, 0.25) is 0 Å². The Morgan fingerprint density at radius 2 is 2.10 bits per heavy atom. The molecule has 2 rings (SSSR count). The maximum absolute atomic E-state index is 11.5. The smallest absolute Gasteiger partial charge is 0.268 e. The SMILES string of the molecule is Cc1oc(COc2ccccc2C(C)C)cc1C(=O)NN. The molecule has 1 amide bonds. The molecule has 5 nitrogen and oxygen atoms in total. The average Bonchev–Trinajstić information content (AvgIpc) is 2.85. The van der Waals surface area contributed by atoms with Gasteiger partial charge >= 0.3 is 0 Å². The first-order valence-corrected chi connectivity index (χ1v) is 6.85. The first kappa shape index (κ1) is 15.1. The van der Waals surface area contributed by atoms with Crippen LogP contribution in [0, 0.1) is 6.92 Å². The van der Waals surface area contributed by atoms with Gasteiger partial charge in [-0.2, -0.15) is 0 Å².